The second-order valence-electron chi connectivity index (χ2n) is 7.34. The van der Waals surface area contributed by atoms with Gasteiger partial charge in [-0.05, 0) is 31.1 Å². The molecule has 2 rings (SSSR count). The van der Waals surface area contributed by atoms with E-state index in [0.29, 0.717) is 24.8 Å². The molecule has 0 aromatic heterocycles. The number of carbonyl (C=O) groups excluding carboxylic acids is 2. The van der Waals surface area contributed by atoms with Gasteiger partial charge in [0.05, 0.1) is 6.54 Å². The Morgan fingerprint density at radius 1 is 1.32 bits per heavy atom. The minimum absolute atomic E-state index is 0.179. The van der Waals surface area contributed by atoms with Gasteiger partial charge in [0.15, 0.2) is 0 Å². The molecule has 22 heavy (non-hydrogen) atoms. The van der Waals surface area contributed by atoms with Crippen LogP contribution in [0.5, 0.6) is 0 Å². The molecule has 0 radical (unpaired) electrons. The van der Waals surface area contributed by atoms with Crippen molar-refractivity contribution in [1.29, 1.82) is 0 Å². The van der Waals surface area contributed by atoms with E-state index < -0.39 is 0 Å². The quantitative estimate of drug-likeness (QED) is 0.837. The van der Waals surface area contributed by atoms with Gasteiger partial charge in [-0.15, -0.1) is 0 Å². The van der Waals surface area contributed by atoms with E-state index in [4.69, 9.17) is 0 Å². The first-order valence-electron chi connectivity index (χ1n) is 8.75. The molecule has 0 spiro atoms. The van der Waals surface area contributed by atoms with Crippen LogP contribution in [0.4, 0.5) is 0 Å². The Morgan fingerprint density at radius 3 is 2.77 bits per heavy atom. The lowest BCUT2D eigenvalue weighted by molar-refractivity contribution is -0.140. The molecule has 0 aliphatic carbocycles. The zero-order chi connectivity index (χ0) is 16.1. The molecule has 2 atom stereocenters. The topological polar surface area (TPSA) is 52.7 Å². The van der Waals surface area contributed by atoms with Gasteiger partial charge in [0.1, 0.15) is 0 Å². The zero-order valence-corrected chi connectivity index (χ0v) is 14.3. The number of nitrogens with zero attached hydrogens (tertiary/aromatic N) is 2. The van der Waals surface area contributed by atoms with Crippen LogP contribution in [0.3, 0.4) is 0 Å². The first kappa shape index (κ1) is 17.3. The normalized spacial score (nSPS) is 24.7. The van der Waals surface area contributed by atoms with Gasteiger partial charge < -0.3 is 15.1 Å². The average molecular weight is 309 g/mol. The molecule has 0 aromatic carbocycles. The highest BCUT2D eigenvalue weighted by Gasteiger charge is 2.31. The van der Waals surface area contributed by atoms with Crippen molar-refractivity contribution in [1.82, 2.24) is 15.1 Å². The maximum Gasteiger partial charge on any atom is 0.236 e. The van der Waals surface area contributed by atoms with Gasteiger partial charge in [-0.1, -0.05) is 20.8 Å². The van der Waals surface area contributed by atoms with Crippen LogP contribution in [0.2, 0.25) is 0 Å². The molecule has 0 bridgehead atoms. The molecular formula is C17H31N3O2. The minimum Gasteiger partial charge on any atom is -0.341 e. The molecule has 2 amide bonds. The van der Waals surface area contributed by atoms with Crippen LogP contribution in [0.1, 0.15) is 46.5 Å². The van der Waals surface area contributed by atoms with Gasteiger partial charge in [0.25, 0.3) is 0 Å². The number of hydrogen-bond donors (Lipinski definition) is 1. The molecule has 2 aliphatic rings. The Bertz CT molecular complexity index is 397. The first-order chi connectivity index (χ1) is 10.5. The van der Waals surface area contributed by atoms with Crippen LogP contribution in [0.25, 0.3) is 0 Å². The van der Waals surface area contributed by atoms with E-state index >= 15 is 0 Å². The molecule has 0 saturated carbocycles. The predicted molar refractivity (Wildman–Crippen MR) is 87.4 cm³/mol. The molecule has 0 aromatic rings. The summed E-state index contributed by atoms with van der Waals surface area (Å²) in [5.74, 6) is 1.52. The molecule has 5 heteroatoms. The number of hydrogen-bond acceptors (Lipinski definition) is 3. The van der Waals surface area contributed by atoms with Crippen molar-refractivity contribution in [3.63, 3.8) is 0 Å². The summed E-state index contributed by atoms with van der Waals surface area (Å²) in [6, 6.07) is 0.215. The smallest absolute Gasteiger partial charge is 0.236 e. The molecule has 126 valence electrons. The zero-order valence-electron chi connectivity index (χ0n) is 14.3. The number of rotatable bonds is 5. The summed E-state index contributed by atoms with van der Waals surface area (Å²) in [5, 5.41) is 3.11. The summed E-state index contributed by atoms with van der Waals surface area (Å²) in [6.45, 7) is 10.2. The lowest BCUT2D eigenvalue weighted by Gasteiger charge is -2.41. The molecule has 5 nitrogen and oxygen atoms in total. The molecule has 2 aliphatic heterocycles. The fraction of sp³-hybridized carbons (Fsp3) is 0.882. The van der Waals surface area contributed by atoms with Crippen LogP contribution in [0.15, 0.2) is 0 Å². The van der Waals surface area contributed by atoms with Gasteiger partial charge in [-0.2, -0.15) is 0 Å². The fourth-order valence-corrected chi connectivity index (χ4v) is 3.76. The number of piperazine rings is 1. The molecule has 2 fully saturated rings. The van der Waals surface area contributed by atoms with Gasteiger partial charge in [0, 0.05) is 38.6 Å². The van der Waals surface area contributed by atoms with Crippen LogP contribution < -0.4 is 5.32 Å². The van der Waals surface area contributed by atoms with Crippen molar-refractivity contribution in [2.24, 2.45) is 11.8 Å². The van der Waals surface area contributed by atoms with Crippen molar-refractivity contribution < 1.29 is 9.59 Å². The summed E-state index contributed by atoms with van der Waals surface area (Å²) < 4.78 is 0. The summed E-state index contributed by atoms with van der Waals surface area (Å²) >= 11 is 0. The van der Waals surface area contributed by atoms with E-state index in [1.54, 1.807) is 0 Å². The minimum atomic E-state index is 0.179. The predicted octanol–water partition coefficient (Wildman–Crippen LogP) is 1.48. The number of carbonyl (C=O) groups is 2. The van der Waals surface area contributed by atoms with Crippen molar-refractivity contribution >= 4 is 11.8 Å². The summed E-state index contributed by atoms with van der Waals surface area (Å²) in [7, 11) is 0. The van der Waals surface area contributed by atoms with Crippen LogP contribution in [0, 0.1) is 11.8 Å². The third-order valence-corrected chi connectivity index (χ3v) is 4.71. The average Bonchev–Trinajstić information content (AvgIpc) is 2.47. The monoisotopic (exact) mass is 309 g/mol. The third kappa shape index (κ3) is 4.70. The van der Waals surface area contributed by atoms with E-state index in [9.17, 15) is 9.59 Å². The Balaban J connectivity index is 1.86. The van der Waals surface area contributed by atoms with Crippen LogP contribution >= 0.6 is 0 Å². The second-order valence-corrected chi connectivity index (χ2v) is 7.34. The Hall–Kier alpha value is -1.10. The van der Waals surface area contributed by atoms with Gasteiger partial charge in [0.2, 0.25) is 11.8 Å². The van der Waals surface area contributed by atoms with E-state index in [1.807, 2.05) is 9.80 Å². The Kier molecular flexibility index (Phi) is 6.24. The number of nitrogens with one attached hydrogen (secondary N) is 1. The molecule has 2 saturated heterocycles. The highest BCUT2D eigenvalue weighted by atomic mass is 16.2. The highest BCUT2D eigenvalue weighted by Crippen LogP contribution is 2.20. The lowest BCUT2D eigenvalue weighted by atomic mass is 9.94. The maximum absolute atomic E-state index is 12.5. The Morgan fingerprint density at radius 2 is 2.09 bits per heavy atom. The van der Waals surface area contributed by atoms with Crippen molar-refractivity contribution in [2.45, 2.75) is 52.5 Å². The van der Waals surface area contributed by atoms with Crippen molar-refractivity contribution in [3.8, 4) is 0 Å². The number of amides is 2. The van der Waals surface area contributed by atoms with Gasteiger partial charge in [-0.25, -0.2) is 0 Å². The van der Waals surface area contributed by atoms with Crippen molar-refractivity contribution in [3.05, 3.63) is 0 Å². The third-order valence-electron chi connectivity index (χ3n) is 4.71. The molecule has 2 unspecified atom stereocenters. The standard InChI is InChI=1S/C17H31N3O2/c1-13(2)9-14(3)10-16(21)19-7-4-5-15(12-19)20-8-6-18-11-17(20)22/h13-15,18H,4-12H2,1-3H3. The van der Waals surface area contributed by atoms with Crippen LogP contribution in [-0.2, 0) is 9.59 Å². The summed E-state index contributed by atoms with van der Waals surface area (Å²) in [5.41, 5.74) is 0. The first-order valence-corrected chi connectivity index (χ1v) is 8.75. The SMILES string of the molecule is CC(C)CC(C)CC(=O)N1CCCC(N2CCNCC2=O)C1. The number of piperidine rings is 1. The largest absolute Gasteiger partial charge is 0.341 e. The summed E-state index contributed by atoms with van der Waals surface area (Å²) in [6.07, 6.45) is 3.77. The molecule has 2 heterocycles. The van der Waals surface area contributed by atoms with E-state index in [0.717, 1.165) is 45.4 Å². The van der Waals surface area contributed by atoms with E-state index in [-0.39, 0.29) is 17.9 Å². The summed E-state index contributed by atoms with van der Waals surface area (Å²) in [4.78, 5) is 28.5. The molecule has 1 N–H and O–H groups in total. The highest BCUT2D eigenvalue weighted by molar-refractivity contribution is 5.80. The van der Waals surface area contributed by atoms with Gasteiger partial charge >= 0.3 is 0 Å². The number of likely N-dealkylation sites (tertiary alicyclic amines) is 1. The Labute approximate surface area is 134 Å². The maximum atomic E-state index is 12.5. The van der Waals surface area contributed by atoms with Crippen LogP contribution in [-0.4, -0.2) is 60.4 Å². The lowest BCUT2D eigenvalue weighted by Crippen LogP contribution is -2.57. The molecular weight excluding hydrogens is 278 g/mol. The van der Waals surface area contributed by atoms with Crippen molar-refractivity contribution in [2.75, 3.05) is 32.7 Å². The fourth-order valence-electron chi connectivity index (χ4n) is 3.76. The van der Waals surface area contributed by atoms with E-state index in [2.05, 4.69) is 26.1 Å². The van der Waals surface area contributed by atoms with Gasteiger partial charge in [-0.3, -0.25) is 9.59 Å². The van der Waals surface area contributed by atoms with E-state index in [1.165, 1.54) is 0 Å². The second kappa shape index (κ2) is 7.95.